The number of benzene rings is 1. The second-order valence-electron chi connectivity index (χ2n) is 7.04. The zero-order chi connectivity index (χ0) is 19.7. The summed E-state index contributed by atoms with van der Waals surface area (Å²) >= 11 is 6.05. The topological polar surface area (TPSA) is 88.2 Å². The van der Waals surface area contributed by atoms with Crippen LogP contribution in [0.5, 0.6) is 0 Å². The van der Waals surface area contributed by atoms with Gasteiger partial charge in [0.05, 0.1) is 12.1 Å². The molecule has 0 radical (unpaired) electrons. The van der Waals surface area contributed by atoms with Crippen LogP contribution in [-0.4, -0.2) is 56.8 Å². The van der Waals surface area contributed by atoms with E-state index in [-0.39, 0.29) is 11.9 Å². The Hall–Kier alpha value is -2.77. The van der Waals surface area contributed by atoms with Crippen molar-refractivity contribution in [2.24, 2.45) is 0 Å². The molecule has 1 aromatic carbocycles. The number of fused-ring (bicyclic) bond motifs is 1. The molecule has 3 heterocycles. The average molecular weight is 397 g/mol. The summed E-state index contributed by atoms with van der Waals surface area (Å²) in [5.74, 6) is 1.09. The van der Waals surface area contributed by atoms with Crippen LogP contribution >= 0.6 is 11.6 Å². The third-order valence-electron chi connectivity index (χ3n) is 5.07. The van der Waals surface area contributed by atoms with E-state index >= 15 is 0 Å². The molecule has 144 valence electrons. The molecule has 0 saturated carbocycles. The van der Waals surface area contributed by atoms with E-state index in [1.165, 1.54) is 0 Å². The largest absolute Gasteiger partial charge is 0.384 e. The highest BCUT2D eigenvalue weighted by molar-refractivity contribution is 6.31. The first-order valence-corrected chi connectivity index (χ1v) is 9.50. The number of anilines is 1. The van der Waals surface area contributed by atoms with E-state index < -0.39 is 0 Å². The molecule has 1 atom stereocenters. The van der Waals surface area contributed by atoms with Crippen LogP contribution in [-0.2, 0) is 6.54 Å². The number of nitrogen functional groups attached to an aromatic ring is 1. The summed E-state index contributed by atoms with van der Waals surface area (Å²) in [6, 6.07) is 11.1. The number of carbonyl (C=O) groups excluding carboxylic acids is 1. The van der Waals surface area contributed by atoms with Gasteiger partial charge in [-0.1, -0.05) is 23.7 Å². The van der Waals surface area contributed by atoms with Crippen LogP contribution in [0.4, 0.5) is 5.82 Å². The Labute approximate surface area is 168 Å². The molecule has 0 aliphatic carbocycles. The molecule has 3 aromatic rings. The number of rotatable bonds is 4. The van der Waals surface area contributed by atoms with Crippen molar-refractivity contribution in [2.45, 2.75) is 19.0 Å². The molecule has 1 amide bonds. The Balaban J connectivity index is 1.44. The molecule has 8 heteroatoms. The minimum atomic E-state index is -0.0574. The van der Waals surface area contributed by atoms with Crippen LogP contribution in [0.15, 0.2) is 42.6 Å². The second-order valence-corrected chi connectivity index (χ2v) is 7.48. The van der Waals surface area contributed by atoms with Crippen LogP contribution < -0.4 is 5.73 Å². The van der Waals surface area contributed by atoms with Crippen LogP contribution in [0.1, 0.15) is 22.7 Å². The fourth-order valence-electron chi connectivity index (χ4n) is 3.50. The first-order chi connectivity index (χ1) is 13.5. The normalized spacial score (nSPS) is 16.8. The fraction of sp³-hybridized carbons (Fsp3) is 0.300. The van der Waals surface area contributed by atoms with Crippen molar-refractivity contribution >= 4 is 34.2 Å². The summed E-state index contributed by atoms with van der Waals surface area (Å²) in [6.45, 7) is 1.93. The van der Waals surface area contributed by atoms with Crippen molar-refractivity contribution < 1.29 is 4.79 Å². The molecule has 4 rings (SSSR count). The number of nitrogens with zero attached hydrogens (tertiary/aromatic N) is 5. The van der Waals surface area contributed by atoms with Gasteiger partial charge in [-0.3, -0.25) is 9.69 Å². The number of likely N-dealkylation sites (N-methyl/N-ethyl adjacent to an activating group) is 1. The van der Waals surface area contributed by atoms with Crippen LogP contribution in [0, 0.1) is 0 Å². The second kappa shape index (κ2) is 7.69. The van der Waals surface area contributed by atoms with Crippen molar-refractivity contribution in [2.75, 3.05) is 25.9 Å². The highest BCUT2D eigenvalue weighted by Crippen LogP contribution is 2.21. The number of amides is 1. The van der Waals surface area contributed by atoms with E-state index in [0.717, 1.165) is 17.3 Å². The highest BCUT2D eigenvalue weighted by Gasteiger charge is 2.30. The molecule has 1 fully saturated rings. The third kappa shape index (κ3) is 3.90. The minimum absolute atomic E-state index is 0.0574. The SMILES string of the molecule is CN(Cc1nccc(N)n1)C1CCN(C(=O)c2ccc3ccc(Cl)cc3n2)C1. The Morgan fingerprint density at radius 2 is 2.11 bits per heavy atom. The quantitative estimate of drug-likeness (QED) is 0.729. The minimum Gasteiger partial charge on any atom is -0.384 e. The van der Waals surface area contributed by atoms with E-state index in [1.807, 2.05) is 30.1 Å². The molecule has 2 aromatic heterocycles. The van der Waals surface area contributed by atoms with Gasteiger partial charge in [-0.2, -0.15) is 0 Å². The maximum atomic E-state index is 12.9. The molecule has 2 N–H and O–H groups in total. The van der Waals surface area contributed by atoms with Crippen molar-refractivity contribution in [3.05, 3.63) is 59.1 Å². The van der Waals surface area contributed by atoms with Gasteiger partial charge in [-0.15, -0.1) is 0 Å². The van der Waals surface area contributed by atoms with E-state index in [4.69, 9.17) is 17.3 Å². The summed E-state index contributed by atoms with van der Waals surface area (Å²) in [4.78, 5) is 29.9. The molecule has 1 aliphatic rings. The number of carbonyl (C=O) groups is 1. The first-order valence-electron chi connectivity index (χ1n) is 9.13. The number of aromatic nitrogens is 3. The van der Waals surface area contributed by atoms with Crippen molar-refractivity contribution in [1.29, 1.82) is 0 Å². The van der Waals surface area contributed by atoms with Gasteiger partial charge in [0.15, 0.2) is 0 Å². The molecule has 7 nitrogen and oxygen atoms in total. The molecule has 1 unspecified atom stereocenters. The molecule has 28 heavy (non-hydrogen) atoms. The lowest BCUT2D eigenvalue weighted by atomic mass is 10.2. The zero-order valence-corrected chi connectivity index (χ0v) is 16.3. The highest BCUT2D eigenvalue weighted by atomic mass is 35.5. The van der Waals surface area contributed by atoms with Gasteiger partial charge < -0.3 is 10.6 Å². The Bertz CT molecular complexity index is 1030. The summed E-state index contributed by atoms with van der Waals surface area (Å²) < 4.78 is 0. The summed E-state index contributed by atoms with van der Waals surface area (Å²) in [5, 5.41) is 1.57. The van der Waals surface area contributed by atoms with E-state index in [1.54, 1.807) is 24.4 Å². The summed E-state index contributed by atoms with van der Waals surface area (Å²) in [5.41, 5.74) is 6.89. The lowest BCUT2D eigenvalue weighted by Gasteiger charge is -2.24. The number of likely N-dealkylation sites (tertiary alicyclic amines) is 1. The molecular formula is C20H21ClN6O. The monoisotopic (exact) mass is 396 g/mol. The molecule has 1 aliphatic heterocycles. The van der Waals surface area contributed by atoms with Gasteiger partial charge in [0, 0.05) is 35.7 Å². The van der Waals surface area contributed by atoms with Gasteiger partial charge >= 0.3 is 0 Å². The van der Waals surface area contributed by atoms with E-state index in [2.05, 4.69) is 19.9 Å². The maximum absolute atomic E-state index is 12.9. The van der Waals surface area contributed by atoms with Gasteiger partial charge in [0.2, 0.25) is 0 Å². The van der Waals surface area contributed by atoms with Crippen molar-refractivity contribution in [1.82, 2.24) is 24.8 Å². The van der Waals surface area contributed by atoms with Crippen LogP contribution in [0.2, 0.25) is 5.02 Å². The van der Waals surface area contributed by atoms with Crippen LogP contribution in [0.25, 0.3) is 10.9 Å². The van der Waals surface area contributed by atoms with E-state index in [9.17, 15) is 4.79 Å². The molecule has 1 saturated heterocycles. The Morgan fingerprint density at radius 3 is 2.93 bits per heavy atom. The Kier molecular flexibility index (Phi) is 5.11. The smallest absolute Gasteiger partial charge is 0.272 e. The lowest BCUT2D eigenvalue weighted by molar-refractivity contribution is 0.0774. The molecule has 0 bridgehead atoms. The predicted octanol–water partition coefficient (Wildman–Crippen LogP) is 2.61. The van der Waals surface area contributed by atoms with Crippen LogP contribution in [0.3, 0.4) is 0 Å². The molecule has 0 spiro atoms. The standard InChI is InChI=1S/C20H21ClN6O/c1-26(12-19-23-8-6-18(22)25-19)15-7-9-27(11-15)20(28)16-5-3-13-2-4-14(21)10-17(13)24-16/h2-6,8,10,15H,7,9,11-12H2,1H3,(H2,22,23,25). The van der Waals surface area contributed by atoms with Gasteiger partial charge in [0.25, 0.3) is 5.91 Å². The fourth-order valence-corrected chi connectivity index (χ4v) is 3.67. The van der Waals surface area contributed by atoms with Crippen molar-refractivity contribution in [3.8, 4) is 0 Å². The number of hydrogen-bond donors (Lipinski definition) is 1. The first kappa shape index (κ1) is 18.6. The Morgan fingerprint density at radius 1 is 1.29 bits per heavy atom. The van der Waals surface area contributed by atoms with Crippen molar-refractivity contribution in [3.63, 3.8) is 0 Å². The number of nitrogens with two attached hydrogens (primary N) is 1. The summed E-state index contributed by atoms with van der Waals surface area (Å²) in [7, 11) is 2.02. The average Bonchev–Trinajstić information content (AvgIpc) is 3.17. The maximum Gasteiger partial charge on any atom is 0.272 e. The van der Waals surface area contributed by atoms with E-state index in [0.29, 0.717) is 42.0 Å². The lowest BCUT2D eigenvalue weighted by Crippen LogP contribution is -2.36. The predicted molar refractivity (Wildman–Crippen MR) is 109 cm³/mol. The molecular weight excluding hydrogens is 376 g/mol. The number of pyridine rings is 1. The third-order valence-corrected chi connectivity index (χ3v) is 5.30. The zero-order valence-electron chi connectivity index (χ0n) is 15.5. The summed E-state index contributed by atoms with van der Waals surface area (Å²) in [6.07, 6.45) is 2.55. The van der Waals surface area contributed by atoms with Gasteiger partial charge in [-0.25, -0.2) is 15.0 Å². The number of hydrogen-bond acceptors (Lipinski definition) is 6. The van der Waals surface area contributed by atoms with Gasteiger partial charge in [-0.05, 0) is 37.7 Å². The number of halogens is 1. The van der Waals surface area contributed by atoms with Gasteiger partial charge in [0.1, 0.15) is 17.3 Å².